The van der Waals surface area contributed by atoms with Gasteiger partial charge in [0.25, 0.3) is 5.91 Å². The Morgan fingerprint density at radius 1 is 0.764 bits per heavy atom. The van der Waals surface area contributed by atoms with E-state index in [4.69, 9.17) is 16.2 Å². The number of phenolic OH excluding ortho intramolecular Hbond substituents is 1. The average molecular weight is 996 g/mol. The minimum atomic E-state index is -1.16. The molecule has 3 aromatic rings. The van der Waals surface area contributed by atoms with Crippen molar-refractivity contribution in [1.82, 2.24) is 36.4 Å². The molecule has 6 rings (SSSR count). The maximum atomic E-state index is 14.5. The molecule has 3 fully saturated rings. The Balaban J connectivity index is 1.25. The van der Waals surface area contributed by atoms with Gasteiger partial charge in [-0.25, -0.2) is 0 Å². The van der Waals surface area contributed by atoms with Gasteiger partial charge in [-0.2, -0.15) is 0 Å². The Morgan fingerprint density at radius 2 is 1.49 bits per heavy atom. The predicted molar refractivity (Wildman–Crippen MR) is 274 cm³/mol. The Kier molecular flexibility index (Phi) is 20.6. The highest BCUT2D eigenvalue weighted by Gasteiger charge is 2.43. The summed E-state index contributed by atoms with van der Waals surface area (Å²) >= 11 is 0. The van der Waals surface area contributed by atoms with E-state index >= 15 is 0 Å². The molecule has 3 aliphatic heterocycles. The first-order valence-electron chi connectivity index (χ1n) is 26.2. The zero-order valence-corrected chi connectivity index (χ0v) is 42.3. The van der Waals surface area contributed by atoms with Crippen LogP contribution in [0.3, 0.4) is 0 Å². The summed E-state index contributed by atoms with van der Waals surface area (Å²) < 4.78 is 6.03. The molecule has 0 aromatic heterocycles. The summed E-state index contributed by atoms with van der Waals surface area (Å²) in [4.78, 5) is 103. The molecule has 72 heavy (non-hydrogen) atoms. The lowest BCUT2D eigenvalue weighted by atomic mass is 10.00. The number of amides is 7. The molecule has 392 valence electrons. The Bertz CT molecular complexity index is 2350. The van der Waals surface area contributed by atoms with Crippen LogP contribution < -0.4 is 42.8 Å². The van der Waals surface area contributed by atoms with Gasteiger partial charge in [0.2, 0.25) is 35.4 Å². The number of aryl methyl sites for hydroxylation is 1. The van der Waals surface area contributed by atoms with E-state index < -0.39 is 89.6 Å². The molecule has 7 atom stereocenters. The number of nitrogens with zero attached hydrogens (tertiary/aromatic N) is 2. The molecule has 0 aliphatic carbocycles. The standard InChI is InChI=1S/C54H77N9O9/c1-4-5-6-7-8-9-29-72-41-24-21-36-30-38(20-19-37(36)31-41)48(65)58-42-14-11-27-57-51(68)46-32-39(56)33-63(46)53(70)44(13-10-26-55)60-49(66)43(25-18-35-16-22-40(64)23-17-35)59-52(69)45-15-12-28-62(45)54(71)47(34(2)3)61-50(42)67/h16-17,19-24,30-31,34,39,42-47,64H,4-15,18,25-29,32-33,55-56H2,1-3H3,(H,57,68)(H,58,65)(H,59,69)(H,60,66)(H,61,67)/t39-,42-,43-,44-,45-,46-,47-/m0/s1. The number of ether oxygens (including phenoxy) is 1. The van der Waals surface area contributed by atoms with Gasteiger partial charge in [0, 0.05) is 31.2 Å². The van der Waals surface area contributed by atoms with Crippen LogP contribution in [-0.4, -0.2) is 131 Å². The molecule has 18 nitrogen and oxygen atoms in total. The third kappa shape index (κ3) is 15.1. The molecule has 7 amide bonds. The van der Waals surface area contributed by atoms with E-state index in [2.05, 4.69) is 33.5 Å². The zero-order valence-electron chi connectivity index (χ0n) is 42.3. The number of hydrogen-bond donors (Lipinski definition) is 8. The largest absolute Gasteiger partial charge is 0.508 e. The molecular weight excluding hydrogens is 919 g/mol. The Morgan fingerprint density at radius 3 is 2.24 bits per heavy atom. The number of carbonyl (C=O) groups excluding carboxylic acids is 7. The second-order valence-corrected chi connectivity index (χ2v) is 20.0. The quantitative estimate of drug-likeness (QED) is 0.0904. The fraction of sp³-hybridized carbons (Fsp3) is 0.574. The van der Waals surface area contributed by atoms with Gasteiger partial charge in [-0.15, -0.1) is 0 Å². The number of hydrogen-bond acceptors (Lipinski definition) is 11. The Labute approximate surface area is 423 Å². The third-order valence-corrected chi connectivity index (χ3v) is 14.0. The zero-order chi connectivity index (χ0) is 51.7. The number of unbranched alkanes of at least 4 members (excludes halogenated alkanes) is 5. The van der Waals surface area contributed by atoms with Crippen molar-refractivity contribution in [2.45, 2.75) is 159 Å². The van der Waals surface area contributed by atoms with Crippen LogP contribution in [-0.2, 0) is 35.2 Å². The van der Waals surface area contributed by atoms with E-state index in [1.165, 1.54) is 47.6 Å². The van der Waals surface area contributed by atoms with Gasteiger partial charge in [0.15, 0.2) is 0 Å². The van der Waals surface area contributed by atoms with Crippen LogP contribution in [0.2, 0.25) is 0 Å². The number of fused-ring (bicyclic) bond motifs is 3. The number of benzene rings is 3. The van der Waals surface area contributed by atoms with Crippen molar-refractivity contribution in [1.29, 1.82) is 0 Å². The van der Waals surface area contributed by atoms with Gasteiger partial charge in [-0.1, -0.05) is 77.1 Å². The number of phenols is 1. The molecule has 0 bridgehead atoms. The van der Waals surface area contributed by atoms with Crippen LogP contribution in [0.5, 0.6) is 11.5 Å². The molecular formula is C54H77N9O9. The summed E-state index contributed by atoms with van der Waals surface area (Å²) in [5, 5.41) is 26.0. The van der Waals surface area contributed by atoms with Gasteiger partial charge in [-0.3, -0.25) is 33.6 Å². The lowest BCUT2D eigenvalue weighted by Gasteiger charge is -2.32. The smallest absolute Gasteiger partial charge is 0.251 e. The normalized spacial score (nSPS) is 23.9. The SMILES string of the molecule is CCCCCCCCOc1ccc2cc(C(=O)N[C@H]3CCCNC(=O)[C@@H]4C[C@H](N)CN4C(=O)[C@H](CCCN)NC(=O)[C@H](CCc4ccc(O)cc4)NC(=O)[C@@H]4CCCN4C(=O)[C@H](C(C)C)NC3=O)ccc2c1. The molecule has 3 heterocycles. The molecule has 0 radical (unpaired) electrons. The maximum Gasteiger partial charge on any atom is 0.251 e. The number of nitrogens with one attached hydrogen (secondary N) is 5. The highest BCUT2D eigenvalue weighted by Crippen LogP contribution is 2.25. The third-order valence-electron chi connectivity index (χ3n) is 14.0. The maximum absolute atomic E-state index is 14.5. The predicted octanol–water partition coefficient (Wildman–Crippen LogP) is 3.69. The van der Waals surface area contributed by atoms with Gasteiger partial charge in [-0.05, 0) is 129 Å². The van der Waals surface area contributed by atoms with E-state index in [9.17, 15) is 38.7 Å². The minimum absolute atomic E-state index is 0.0622. The summed E-state index contributed by atoms with van der Waals surface area (Å²) in [6, 6.07) is 10.5. The second-order valence-electron chi connectivity index (χ2n) is 20.0. The summed E-state index contributed by atoms with van der Waals surface area (Å²) in [6.45, 7) is 6.98. The fourth-order valence-electron chi connectivity index (χ4n) is 9.85. The van der Waals surface area contributed by atoms with Crippen molar-refractivity contribution in [3.63, 3.8) is 0 Å². The van der Waals surface area contributed by atoms with Crippen LogP contribution in [0, 0.1) is 5.92 Å². The average Bonchev–Trinajstić information content (AvgIpc) is 4.03. The van der Waals surface area contributed by atoms with Crippen molar-refractivity contribution in [3.8, 4) is 11.5 Å². The first-order valence-corrected chi connectivity index (χ1v) is 26.2. The summed E-state index contributed by atoms with van der Waals surface area (Å²) in [5.74, 6) is -3.43. The second kappa shape index (κ2) is 27.0. The lowest BCUT2D eigenvalue weighted by molar-refractivity contribution is -0.143. The van der Waals surface area contributed by atoms with Crippen LogP contribution in [0.15, 0.2) is 60.7 Å². The minimum Gasteiger partial charge on any atom is -0.508 e. The van der Waals surface area contributed by atoms with Crippen molar-refractivity contribution in [2.75, 3.05) is 32.8 Å². The number of nitrogens with two attached hydrogens (primary N) is 2. The van der Waals surface area contributed by atoms with Crippen molar-refractivity contribution in [2.24, 2.45) is 17.4 Å². The van der Waals surface area contributed by atoms with Gasteiger partial charge in [0.1, 0.15) is 47.8 Å². The van der Waals surface area contributed by atoms with Crippen molar-refractivity contribution in [3.05, 3.63) is 71.8 Å². The molecule has 10 N–H and O–H groups in total. The number of rotatable bonds is 17. The Hall–Kier alpha value is -6.27. The summed E-state index contributed by atoms with van der Waals surface area (Å²) in [5.41, 5.74) is 13.4. The van der Waals surface area contributed by atoms with Crippen LogP contribution in [0.4, 0.5) is 0 Å². The fourth-order valence-corrected chi connectivity index (χ4v) is 9.85. The molecule has 3 aliphatic rings. The van der Waals surface area contributed by atoms with Crippen LogP contribution >= 0.6 is 0 Å². The van der Waals surface area contributed by atoms with Crippen molar-refractivity contribution >= 4 is 52.1 Å². The monoisotopic (exact) mass is 996 g/mol. The molecule has 0 spiro atoms. The molecule has 3 aromatic carbocycles. The van der Waals surface area contributed by atoms with E-state index in [0.717, 1.165) is 34.9 Å². The van der Waals surface area contributed by atoms with Crippen molar-refractivity contribution < 1.29 is 43.4 Å². The molecule has 3 saturated heterocycles. The molecule has 0 unspecified atom stereocenters. The first kappa shape index (κ1) is 55.1. The van der Waals surface area contributed by atoms with Crippen LogP contribution in [0.1, 0.15) is 127 Å². The van der Waals surface area contributed by atoms with Gasteiger partial charge < -0.3 is 57.7 Å². The molecule has 0 saturated carbocycles. The summed E-state index contributed by atoms with van der Waals surface area (Å²) in [6.07, 6.45) is 9.17. The van der Waals surface area contributed by atoms with E-state index in [0.29, 0.717) is 37.9 Å². The lowest BCUT2D eigenvalue weighted by Crippen LogP contribution is -2.60. The number of carbonyl (C=O) groups is 7. The van der Waals surface area contributed by atoms with Gasteiger partial charge >= 0.3 is 0 Å². The van der Waals surface area contributed by atoms with E-state index in [-0.39, 0.29) is 64.0 Å². The topological polar surface area (TPSA) is 268 Å². The van der Waals surface area contributed by atoms with E-state index in [1.54, 1.807) is 38.1 Å². The van der Waals surface area contributed by atoms with E-state index in [1.807, 2.05) is 24.3 Å². The molecule has 18 heteroatoms. The van der Waals surface area contributed by atoms with Crippen LogP contribution in [0.25, 0.3) is 10.8 Å². The van der Waals surface area contributed by atoms with Gasteiger partial charge in [0.05, 0.1) is 6.61 Å². The first-order chi connectivity index (χ1) is 34.7. The highest BCUT2D eigenvalue weighted by molar-refractivity contribution is 6.02. The highest BCUT2D eigenvalue weighted by atomic mass is 16.5. The number of aromatic hydroxyl groups is 1. The summed E-state index contributed by atoms with van der Waals surface area (Å²) in [7, 11) is 0.